The molecule has 0 amide bonds. The predicted octanol–water partition coefficient (Wildman–Crippen LogP) is 1.82. The highest BCUT2D eigenvalue weighted by molar-refractivity contribution is 5.55. The van der Waals surface area contributed by atoms with Gasteiger partial charge >= 0.3 is 0 Å². The van der Waals surface area contributed by atoms with Crippen molar-refractivity contribution in [2.24, 2.45) is 0 Å². The summed E-state index contributed by atoms with van der Waals surface area (Å²) in [6.45, 7) is 5.77. The SMILES string of the molecule is CC(C)Oc1nc(N2CC3CCC(C2)O3)ccc1N. The molecule has 1 aromatic heterocycles. The molecule has 2 aliphatic rings. The Labute approximate surface area is 113 Å². The first-order valence-corrected chi connectivity index (χ1v) is 6.95. The van der Waals surface area contributed by atoms with Gasteiger partial charge in [-0.05, 0) is 38.8 Å². The molecular weight excluding hydrogens is 242 g/mol. The van der Waals surface area contributed by atoms with Crippen LogP contribution in [0.4, 0.5) is 11.5 Å². The fourth-order valence-corrected chi connectivity index (χ4v) is 2.74. The zero-order valence-electron chi connectivity index (χ0n) is 11.5. The molecule has 0 aromatic carbocycles. The van der Waals surface area contributed by atoms with Gasteiger partial charge in [-0.15, -0.1) is 0 Å². The Balaban J connectivity index is 1.80. The van der Waals surface area contributed by atoms with Gasteiger partial charge in [-0.3, -0.25) is 0 Å². The van der Waals surface area contributed by atoms with Crippen molar-refractivity contribution in [1.82, 2.24) is 4.98 Å². The van der Waals surface area contributed by atoms with E-state index in [-0.39, 0.29) is 6.10 Å². The number of morpholine rings is 1. The molecule has 5 nitrogen and oxygen atoms in total. The van der Waals surface area contributed by atoms with Crippen molar-refractivity contribution in [3.05, 3.63) is 12.1 Å². The Bertz CT molecular complexity index is 452. The van der Waals surface area contributed by atoms with Gasteiger partial charge in [-0.1, -0.05) is 0 Å². The molecule has 2 atom stereocenters. The molecule has 2 aliphatic heterocycles. The summed E-state index contributed by atoms with van der Waals surface area (Å²) in [6.07, 6.45) is 3.10. The van der Waals surface area contributed by atoms with Crippen molar-refractivity contribution >= 4 is 11.5 Å². The fourth-order valence-electron chi connectivity index (χ4n) is 2.74. The first-order chi connectivity index (χ1) is 9.11. The Kier molecular flexibility index (Phi) is 3.22. The second kappa shape index (κ2) is 4.89. The molecule has 3 heterocycles. The predicted molar refractivity (Wildman–Crippen MR) is 74.5 cm³/mol. The maximum absolute atomic E-state index is 5.90. The van der Waals surface area contributed by atoms with Crippen LogP contribution in [0.25, 0.3) is 0 Å². The van der Waals surface area contributed by atoms with Crippen LogP contribution in [0, 0.1) is 0 Å². The summed E-state index contributed by atoms with van der Waals surface area (Å²) in [5, 5.41) is 0. The van der Waals surface area contributed by atoms with Crippen molar-refractivity contribution < 1.29 is 9.47 Å². The Morgan fingerprint density at radius 3 is 2.63 bits per heavy atom. The average Bonchev–Trinajstić information content (AvgIpc) is 2.70. The lowest BCUT2D eigenvalue weighted by molar-refractivity contribution is 0.0301. The Morgan fingerprint density at radius 1 is 1.32 bits per heavy atom. The molecule has 0 spiro atoms. The third-order valence-corrected chi connectivity index (χ3v) is 3.59. The van der Waals surface area contributed by atoms with Gasteiger partial charge in [0.2, 0.25) is 5.88 Å². The monoisotopic (exact) mass is 263 g/mol. The second-order valence-electron chi connectivity index (χ2n) is 5.59. The van der Waals surface area contributed by atoms with Crippen LogP contribution in [0.5, 0.6) is 5.88 Å². The van der Waals surface area contributed by atoms with Crippen molar-refractivity contribution in [3.63, 3.8) is 0 Å². The minimum atomic E-state index is 0.0749. The fraction of sp³-hybridized carbons (Fsp3) is 0.643. The van der Waals surface area contributed by atoms with E-state index in [1.165, 1.54) is 0 Å². The summed E-state index contributed by atoms with van der Waals surface area (Å²) in [4.78, 5) is 6.83. The third kappa shape index (κ3) is 2.61. The van der Waals surface area contributed by atoms with Crippen LogP contribution in [-0.2, 0) is 4.74 Å². The summed E-state index contributed by atoms with van der Waals surface area (Å²) in [5.74, 6) is 1.47. The Morgan fingerprint density at radius 2 is 2.00 bits per heavy atom. The molecule has 2 unspecified atom stereocenters. The first kappa shape index (κ1) is 12.5. The molecular formula is C14H21N3O2. The molecule has 0 aliphatic carbocycles. The number of nitrogens with zero attached hydrogens (tertiary/aromatic N) is 2. The lowest BCUT2D eigenvalue weighted by Crippen LogP contribution is -2.43. The van der Waals surface area contributed by atoms with Gasteiger partial charge in [0, 0.05) is 13.1 Å². The molecule has 2 N–H and O–H groups in total. The number of anilines is 2. The van der Waals surface area contributed by atoms with Crippen LogP contribution in [0.3, 0.4) is 0 Å². The van der Waals surface area contributed by atoms with Gasteiger partial charge in [-0.2, -0.15) is 4.98 Å². The van der Waals surface area contributed by atoms with E-state index in [4.69, 9.17) is 15.2 Å². The quantitative estimate of drug-likeness (QED) is 0.901. The highest BCUT2D eigenvalue weighted by Gasteiger charge is 2.34. The van der Waals surface area contributed by atoms with Gasteiger partial charge in [0.25, 0.3) is 0 Å². The minimum Gasteiger partial charge on any atom is -0.473 e. The van der Waals surface area contributed by atoms with E-state index in [1.54, 1.807) is 0 Å². The van der Waals surface area contributed by atoms with E-state index < -0.39 is 0 Å². The molecule has 0 radical (unpaired) electrons. The number of aromatic nitrogens is 1. The zero-order chi connectivity index (χ0) is 13.4. The lowest BCUT2D eigenvalue weighted by Gasteiger charge is -2.33. The van der Waals surface area contributed by atoms with E-state index >= 15 is 0 Å². The minimum absolute atomic E-state index is 0.0749. The number of nitrogens with two attached hydrogens (primary N) is 1. The number of rotatable bonds is 3. The Hall–Kier alpha value is -1.49. The first-order valence-electron chi connectivity index (χ1n) is 6.95. The highest BCUT2D eigenvalue weighted by Crippen LogP contribution is 2.31. The van der Waals surface area contributed by atoms with E-state index in [9.17, 15) is 0 Å². The summed E-state index contributed by atoms with van der Waals surface area (Å²) < 4.78 is 11.5. The summed E-state index contributed by atoms with van der Waals surface area (Å²) >= 11 is 0. The molecule has 1 aromatic rings. The van der Waals surface area contributed by atoms with Gasteiger partial charge in [0.1, 0.15) is 5.82 Å². The standard InChI is InChI=1S/C14H21N3O2/c1-9(2)18-14-12(15)5-6-13(16-14)17-7-10-3-4-11(8-17)19-10/h5-6,9-11H,3-4,7-8,15H2,1-2H3. The van der Waals surface area contributed by atoms with Gasteiger partial charge in [0.15, 0.2) is 0 Å². The lowest BCUT2D eigenvalue weighted by atomic mass is 10.2. The molecule has 2 fully saturated rings. The molecule has 0 saturated carbocycles. The number of ether oxygens (including phenoxy) is 2. The van der Waals surface area contributed by atoms with Gasteiger partial charge in [0.05, 0.1) is 24.0 Å². The van der Waals surface area contributed by atoms with E-state index in [0.717, 1.165) is 31.7 Å². The van der Waals surface area contributed by atoms with Crippen molar-refractivity contribution in [3.8, 4) is 5.88 Å². The normalized spacial score (nSPS) is 25.9. The van der Waals surface area contributed by atoms with Crippen LogP contribution in [-0.4, -0.2) is 36.4 Å². The van der Waals surface area contributed by atoms with Crippen molar-refractivity contribution in [2.75, 3.05) is 23.7 Å². The molecule has 5 heteroatoms. The number of hydrogen-bond donors (Lipinski definition) is 1. The molecule has 104 valence electrons. The van der Waals surface area contributed by atoms with Crippen molar-refractivity contribution in [1.29, 1.82) is 0 Å². The van der Waals surface area contributed by atoms with Gasteiger partial charge in [-0.25, -0.2) is 0 Å². The highest BCUT2D eigenvalue weighted by atomic mass is 16.5. The maximum atomic E-state index is 5.90. The number of nitrogen functional groups attached to an aromatic ring is 1. The number of pyridine rings is 1. The van der Waals surface area contributed by atoms with Crippen LogP contribution < -0.4 is 15.4 Å². The van der Waals surface area contributed by atoms with Crippen molar-refractivity contribution in [2.45, 2.75) is 45.0 Å². The van der Waals surface area contributed by atoms with Gasteiger partial charge < -0.3 is 20.1 Å². The van der Waals surface area contributed by atoms with E-state index in [2.05, 4.69) is 9.88 Å². The van der Waals surface area contributed by atoms with E-state index in [0.29, 0.717) is 23.8 Å². The van der Waals surface area contributed by atoms with Crippen LogP contribution in [0.15, 0.2) is 12.1 Å². The average molecular weight is 263 g/mol. The van der Waals surface area contributed by atoms with Crippen LogP contribution in [0.2, 0.25) is 0 Å². The molecule has 2 saturated heterocycles. The second-order valence-corrected chi connectivity index (χ2v) is 5.59. The molecule has 3 rings (SSSR count). The summed E-state index contributed by atoms with van der Waals surface area (Å²) in [5.41, 5.74) is 6.49. The molecule has 19 heavy (non-hydrogen) atoms. The topological polar surface area (TPSA) is 60.6 Å². The molecule has 2 bridgehead atoms. The smallest absolute Gasteiger partial charge is 0.239 e. The van der Waals surface area contributed by atoms with Crippen LogP contribution >= 0.6 is 0 Å². The zero-order valence-corrected chi connectivity index (χ0v) is 11.5. The van der Waals surface area contributed by atoms with Crippen LogP contribution in [0.1, 0.15) is 26.7 Å². The largest absolute Gasteiger partial charge is 0.473 e. The number of hydrogen-bond acceptors (Lipinski definition) is 5. The summed E-state index contributed by atoms with van der Waals surface area (Å²) in [6, 6.07) is 3.84. The van der Waals surface area contributed by atoms with E-state index in [1.807, 2.05) is 26.0 Å². The number of fused-ring (bicyclic) bond motifs is 2. The summed E-state index contributed by atoms with van der Waals surface area (Å²) in [7, 11) is 0. The maximum Gasteiger partial charge on any atom is 0.239 e. The third-order valence-electron chi connectivity index (χ3n) is 3.59.